The van der Waals surface area contributed by atoms with Crippen LogP contribution >= 0.6 is 0 Å². The van der Waals surface area contributed by atoms with Crippen LogP contribution < -0.4 is 20.1 Å². The van der Waals surface area contributed by atoms with Crippen LogP contribution in [0.5, 0.6) is 17.5 Å². The number of pyridine rings is 1. The van der Waals surface area contributed by atoms with Crippen molar-refractivity contribution in [2.45, 2.75) is 12.5 Å². The molecule has 2 unspecified atom stereocenters. The first-order valence-electron chi connectivity index (χ1n) is 9.88. The van der Waals surface area contributed by atoms with Crippen molar-refractivity contribution in [1.82, 2.24) is 15.0 Å². The van der Waals surface area contributed by atoms with Gasteiger partial charge < -0.3 is 20.1 Å². The summed E-state index contributed by atoms with van der Waals surface area (Å²) >= 11 is 0. The van der Waals surface area contributed by atoms with Crippen LogP contribution in [0.1, 0.15) is 11.3 Å². The Morgan fingerprint density at radius 2 is 1.97 bits per heavy atom. The molecule has 2 N–H and O–H groups in total. The molecule has 0 radical (unpaired) electrons. The summed E-state index contributed by atoms with van der Waals surface area (Å²) in [4.78, 5) is 16.0. The molecule has 1 saturated heterocycles. The van der Waals surface area contributed by atoms with Gasteiger partial charge in [-0.1, -0.05) is 12.1 Å². The summed E-state index contributed by atoms with van der Waals surface area (Å²) in [6.45, 7) is 1.86. The first kappa shape index (κ1) is 16.7. The highest BCUT2D eigenvalue weighted by Crippen LogP contribution is 2.50. The molecular weight excluding hydrogens is 366 g/mol. The maximum absolute atomic E-state index is 6.16. The van der Waals surface area contributed by atoms with Gasteiger partial charge in [-0.05, 0) is 35.6 Å². The number of fused-ring (bicyclic) bond motifs is 4. The minimum Gasteiger partial charge on any atom is -0.496 e. The average Bonchev–Trinajstić information content (AvgIpc) is 3.12. The van der Waals surface area contributed by atoms with Gasteiger partial charge in [-0.3, -0.25) is 4.98 Å². The fourth-order valence-corrected chi connectivity index (χ4v) is 4.75. The number of rotatable bonds is 4. The summed E-state index contributed by atoms with van der Waals surface area (Å²) in [7, 11) is 1.71. The number of hydrogen-bond acceptors (Lipinski definition) is 7. The normalized spacial score (nSPS) is 23.4. The van der Waals surface area contributed by atoms with E-state index < -0.39 is 0 Å². The molecule has 1 aromatic carbocycles. The Balaban J connectivity index is 1.46. The van der Waals surface area contributed by atoms with E-state index in [0.717, 1.165) is 47.0 Å². The zero-order chi connectivity index (χ0) is 19.5. The fourth-order valence-electron chi connectivity index (χ4n) is 4.75. The van der Waals surface area contributed by atoms with Gasteiger partial charge in [0.05, 0.1) is 19.0 Å². The molecule has 7 heteroatoms. The number of benzene rings is 1. The van der Waals surface area contributed by atoms with Crippen molar-refractivity contribution in [3.8, 4) is 28.6 Å². The number of ether oxygens (including phenoxy) is 2. The molecule has 3 heterocycles. The van der Waals surface area contributed by atoms with Gasteiger partial charge in [0.2, 0.25) is 0 Å². The first-order valence-corrected chi connectivity index (χ1v) is 9.88. The third kappa shape index (κ3) is 2.57. The lowest BCUT2D eigenvalue weighted by molar-refractivity contribution is 0.411. The minimum absolute atomic E-state index is 0.333. The van der Waals surface area contributed by atoms with E-state index in [-0.39, 0.29) is 0 Å². The number of nitrogens with zero attached hydrogens (tertiary/aromatic N) is 4. The zero-order valence-electron chi connectivity index (χ0n) is 16.1. The topological polar surface area (TPSA) is 86.4 Å². The van der Waals surface area contributed by atoms with E-state index >= 15 is 0 Å². The van der Waals surface area contributed by atoms with E-state index in [0.29, 0.717) is 36.1 Å². The Morgan fingerprint density at radius 1 is 1.10 bits per heavy atom. The minimum atomic E-state index is 0.333. The summed E-state index contributed by atoms with van der Waals surface area (Å²) in [6.07, 6.45) is 4.08. The Labute approximate surface area is 168 Å². The highest BCUT2D eigenvalue weighted by Gasteiger charge is 2.54. The van der Waals surface area contributed by atoms with Crippen molar-refractivity contribution in [2.75, 3.05) is 25.1 Å². The Morgan fingerprint density at radius 3 is 2.72 bits per heavy atom. The molecule has 2 aliphatic carbocycles. The number of piperidine rings is 1. The lowest BCUT2D eigenvalue weighted by atomic mass is 10.1. The molecule has 2 fully saturated rings. The van der Waals surface area contributed by atoms with Crippen LogP contribution in [0.25, 0.3) is 11.1 Å². The molecule has 3 aliphatic rings. The summed E-state index contributed by atoms with van der Waals surface area (Å²) in [5.41, 5.74) is 10.5. The Kier molecular flexibility index (Phi) is 3.55. The third-order valence-electron chi connectivity index (χ3n) is 6.31. The molecule has 1 aliphatic heterocycles. The molecule has 0 spiro atoms. The van der Waals surface area contributed by atoms with Crippen molar-refractivity contribution in [3.63, 3.8) is 0 Å². The van der Waals surface area contributed by atoms with E-state index in [1.54, 1.807) is 19.5 Å². The molecule has 1 saturated carbocycles. The highest BCUT2D eigenvalue weighted by molar-refractivity contribution is 5.86. The molecular formula is C22H21N5O2. The second kappa shape index (κ2) is 6.15. The predicted molar refractivity (Wildman–Crippen MR) is 108 cm³/mol. The molecule has 29 heavy (non-hydrogen) atoms. The number of anilines is 1. The van der Waals surface area contributed by atoms with Crippen LogP contribution in [0.4, 0.5) is 5.82 Å². The van der Waals surface area contributed by atoms with Crippen LogP contribution in [-0.2, 0) is 6.42 Å². The van der Waals surface area contributed by atoms with Gasteiger partial charge in [0.1, 0.15) is 17.3 Å². The van der Waals surface area contributed by atoms with Crippen molar-refractivity contribution < 1.29 is 9.47 Å². The van der Waals surface area contributed by atoms with Gasteiger partial charge in [-0.2, -0.15) is 9.97 Å². The van der Waals surface area contributed by atoms with Crippen LogP contribution in [-0.4, -0.2) is 41.2 Å². The van der Waals surface area contributed by atoms with E-state index in [1.165, 1.54) is 0 Å². The average molecular weight is 387 g/mol. The second-order valence-corrected chi connectivity index (χ2v) is 7.92. The molecule has 0 amide bonds. The number of methoxy groups -OCH3 is 1. The van der Waals surface area contributed by atoms with E-state index in [4.69, 9.17) is 25.2 Å². The van der Waals surface area contributed by atoms with E-state index in [9.17, 15) is 0 Å². The van der Waals surface area contributed by atoms with Crippen LogP contribution in [0, 0.1) is 11.8 Å². The van der Waals surface area contributed by atoms with Gasteiger partial charge in [-0.15, -0.1) is 0 Å². The van der Waals surface area contributed by atoms with Gasteiger partial charge >= 0.3 is 6.01 Å². The largest absolute Gasteiger partial charge is 0.496 e. The molecule has 2 aromatic heterocycles. The van der Waals surface area contributed by atoms with Crippen LogP contribution in [0.15, 0.2) is 42.7 Å². The van der Waals surface area contributed by atoms with Gasteiger partial charge in [-0.25, -0.2) is 0 Å². The smallest absolute Gasteiger partial charge is 0.324 e. The zero-order valence-corrected chi connectivity index (χ0v) is 16.1. The summed E-state index contributed by atoms with van der Waals surface area (Å²) in [6, 6.07) is 10.5. The molecule has 6 rings (SSSR count). The first-order chi connectivity index (χ1) is 14.2. The molecule has 3 aromatic rings. The van der Waals surface area contributed by atoms with Gasteiger partial charge in [0.25, 0.3) is 0 Å². The van der Waals surface area contributed by atoms with Crippen molar-refractivity contribution in [1.29, 1.82) is 0 Å². The second-order valence-electron chi connectivity index (χ2n) is 7.92. The summed E-state index contributed by atoms with van der Waals surface area (Å²) in [5, 5.41) is 0. The lowest BCUT2D eigenvalue weighted by Gasteiger charge is -2.23. The molecule has 146 valence electrons. The SMILES string of the molecule is COc1cccc2c1Cc1nc(Oc3cccnc3)nc(N3CC4C(N)C4C3)c1-2. The maximum atomic E-state index is 6.16. The monoisotopic (exact) mass is 387 g/mol. The van der Waals surface area contributed by atoms with E-state index in [1.807, 2.05) is 24.3 Å². The standard InChI is InChI=1S/C22H21N5O2/c1-28-18-6-2-5-13-14(18)8-17-19(13)21(27-10-15-16(11-27)20(15)23)26-22(25-17)29-12-4-3-7-24-9-12/h2-7,9,15-16,20H,8,10-11,23H2,1H3. The van der Waals surface area contributed by atoms with E-state index in [2.05, 4.69) is 16.0 Å². The number of aromatic nitrogens is 3. The molecule has 0 bridgehead atoms. The highest BCUT2D eigenvalue weighted by atomic mass is 16.5. The van der Waals surface area contributed by atoms with Crippen molar-refractivity contribution in [2.24, 2.45) is 17.6 Å². The Hall–Kier alpha value is -3.19. The maximum Gasteiger partial charge on any atom is 0.324 e. The third-order valence-corrected chi connectivity index (χ3v) is 6.31. The molecule has 7 nitrogen and oxygen atoms in total. The van der Waals surface area contributed by atoms with Gasteiger partial charge in [0.15, 0.2) is 0 Å². The van der Waals surface area contributed by atoms with Gasteiger partial charge in [0, 0.05) is 42.9 Å². The summed E-state index contributed by atoms with van der Waals surface area (Å²) in [5.74, 6) is 3.56. The van der Waals surface area contributed by atoms with Crippen LogP contribution in [0.2, 0.25) is 0 Å². The lowest BCUT2D eigenvalue weighted by Crippen LogP contribution is -2.29. The quantitative estimate of drug-likeness (QED) is 0.576. The molecule has 2 atom stereocenters. The Bertz CT molecular complexity index is 1090. The van der Waals surface area contributed by atoms with Crippen LogP contribution in [0.3, 0.4) is 0 Å². The van der Waals surface area contributed by atoms with Crippen molar-refractivity contribution in [3.05, 3.63) is 54.0 Å². The number of hydrogen-bond donors (Lipinski definition) is 1. The summed E-state index contributed by atoms with van der Waals surface area (Å²) < 4.78 is 11.6. The van der Waals surface area contributed by atoms with Crippen molar-refractivity contribution >= 4 is 5.82 Å². The predicted octanol–water partition coefficient (Wildman–Crippen LogP) is 2.64. The number of nitrogens with two attached hydrogens (primary N) is 1. The fraction of sp³-hybridized carbons (Fsp3) is 0.318.